The number of aryl methyl sites for hydroxylation is 2. The third kappa shape index (κ3) is 8.87. The zero-order valence-corrected chi connectivity index (χ0v) is 25.7. The quantitative estimate of drug-likeness (QED) is 0.153. The smallest absolute Gasteiger partial charge is 0.110 e. The van der Waals surface area contributed by atoms with Crippen molar-refractivity contribution >= 4 is 0 Å². The molecule has 5 rings (SSSR count). The van der Waals surface area contributed by atoms with Crippen molar-refractivity contribution in [3.05, 3.63) is 142 Å². The molecule has 1 aliphatic rings. The van der Waals surface area contributed by atoms with E-state index in [1.165, 1.54) is 27.8 Å². The lowest BCUT2D eigenvalue weighted by molar-refractivity contribution is -0.210. The minimum Gasteiger partial charge on any atom is -0.396 e. The Morgan fingerprint density at radius 2 is 1.40 bits per heavy atom. The molecule has 4 nitrogen and oxygen atoms in total. The second-order valence-electron chi connectivity index (χ2n) is 11.8. The van der Waals surface area contributed by atoms with Gasteiger partial charge in [0, 0.05) is 13.0 Å². The highest BCUT2D eigenvalue weighted by molar-refractivity contribution is 5.37. The molecular weight excluding hydrogens is 532 g/mol. The van der Waals surface area contributed by atoms with Crippen molar-refractivity contribution in [1.82, 2.24) is 0 Å². The van der Waals surface area contributed by atoms with Crippen molar-refractivity contribution in [3.8, 4) is 0 Å². The minimum atomic E-state index is -0.147. The van der Waals surface area contributed by atoms with Gasteiger partial charge in [0.15, 0.2) is 0 Å². The summed E-state index contributed by atoms with van der Waals surface area (Å²) < 4.78 is 20.0. The monoisotopic (exact) mass is 578 g/mol. The third-order valence-corrected chi connectivity index (χ3v) is 8.55. The molecule has 3 unspecified atom stereocenters. The fourth-order valence-electron chi connectivity index (χ4n) is 5.96. The topological polar surface area (TPSA) is 47.9 Å². The van der Waals surface area contributed by atoms with Crippen LogP contribution >= 0.6 is 0 Å². The van der Waals surface area contributed by atoms with Crippen molar-refractivity contribution in [3.63, 3.8) is 0 Å². The number of aliphatic hydroxyl groups is 1. The Bertz CT molecular complexity index is 1370. The molecule has 4 atom stereocenters. The molecule has 0 amide bonds. The molecule has 1 fully saturated rings. The number of hydrogen-bond acceptors (Lipinski definition) is 4. The van der Waals surface area contributed by atoms with Crippen LogP contribution < -0.4 is 0 Å². The van der Waals surface area contributed by atoms with Gasteiger partial charge in [0.1, 0.15) is 6.10 Å². The highest BCUT2D eigenvalue weighted by atomic mass is 16.6. The summed E-state index contributed by atoms with van der Waals surface area (Å²) in [6.45, 7) is 5.72. The van der Waals surface area contributed by atoms with Crippen LogP contribution in [-0.4, -0.2) is 30.0 Å². The second kappa shape index (κ2) is 16.0. The van der Waals surface area contributed by atoms with Crippen molar-refractivity contribution in [1.29, 1.82) is 0 Å². The molecule has 0 aromatic heterocycles. The van der Waals surface area contributed by atoms with Crippen LogP contribution in [0.25, 0.3) is 0 Å². The molecule has 0 radical (unpaired) electrons. The van der Waals surface area contributed by atoms with Gasteiger partial charge in [-0.2, -0.15) is 0 Å². The van der Waals surface area contributed by atoms with E-state index in [1.54, 1.807) is 0 Å². The molecule has 0 aliphatic carbocycles. The molecule has 226 valence electrons. The molecule has 0 bridgehead atoms. The van der Waals surface area contributed by atoms with Gasteiger partial charge >= 0.3 is 0 Å². The van der Waals surface area contributed by atoms with Gasteiger partial charge in [-0.1, -0.05) is 110 Å². The summed E-state index contributed by atoms with van der Waals surface area (Å²) >= 11 is 0. The molecule has 1 aliphatic heterocycles. The Kier molecular flexibility index (Phi) is 11.6. The van der Waals surface area contributed by atoms with E-state index in [4.69, 9.17) is 19.3 Å². The van der Waals surface area contributed by atoms with Crippen LogP contribution in [0.5, 0.6) is 0 Å². The van der Waals surface area contributed by atoms with Gasteiger partial charge in [-0.15, -0.1) is 0 Å². The predicted molar refractivity (Wildman–Crippen MR) is 173 cm³/mol. The molecule has 0 spiro atoms. The van der Waals surface area contributed by atoms with Crippen molar-refractivity contribution in [2.45, 2.75) is 90.0 Å². The summed E-state index contributed by atoms with van der Waals surface area (Å²) in [6.07, 6.45) is 5.01. The van der Waals surface area contributed by atoms with Gasteiger partial charge < -0.3 is 19.3 Å². The van der Waals surface area contributed by atoms with Crippen LogP contribution in [0, 0.1) is 6.92 Å². The number of rotatable bonds is 14. The van der Waals surface area contributed by atoms with E-state index < -0.39 is 0 Å². The summed E-state index contributed by atoms with van der Waals surface area (Å²) in [6, 6.07) is 36.5. The predicted octanol–water partition coefficient (Wildman–Crippen LogP) is 8.31. The highest BCUT2D eigenvalue weighted by Gasteiger charge is 2.40. The van der Waals surface area contributed by atoms with E-state index >= 15 is 0 Å². The molecule has 1 saturated heterocycles. The first-order valence-corrected chi connectivity index (χ1v) is 15.9. The molecule has 4 heteroatoms. The van der Waals surface area contributed by atoms with Crippen LogP contribution in [0.1, 0.15) is 77.7 Å². The lowest BCUT2D eigenvalue weighted by Gasteiger charge is -2.42. The molecule has 1 N–H and O–H groups in total. The standard InChI is InChI=1S/C39H46O4/c1-3-36-39(42-28-33-15-8-5-9-16-33)38(41-27-32-13-6-4-7-14-32)26-37(43-36)34-22-17-29(2)35(25-34)24-31-20-18-30(19-21-31)12-10-11-23-40/h4-9,13-22,25,36-40H,3,10-12,23-24,26-28H2,1-2H3/t36?,37?,38?,39-/m1/s1. The molecule has 4 aromatic rings. The SMILES string of the molecule is CCC1OC(c2ccc(C)c(Cc3ccc(CCCCO)cc3)c2)CC(OCc2ccccc2)[C@@H]1OCc1ccccc1. The molecule has 43 heavy (non-hydrogen) atoms. The van der Waals surface area contributed by atoms with Gasteiger partial charge in [0.2, 0.25) is 0 Å². The lowest BCUT2D eigenvalue weighted by Crippen LogP contribution is -2.48. The first kappa shape index (κ1) is 31.2. The van der Waals surface area contributed by atoms with E-state index in [2.05, 4.69) is 105 Å². The number of benzene rings is 4. The average molecular weight is 579 g/mol. The summed E-state index contributed by atoms with van der Waals surface area (Å²) in [7, 11) is 0. The van der Waals surface area contributed by atoms with E-state index in [0.29, 0.717) is 13.2 Å². The molecule has 0 saturated carbocycles. The summed E-state index contributed by atoms with van der Waals surface area (Å²) in [5.41, 5.74) is 8.77. The van der Waals surface area contributed by atoms with Crippen LogP contribution in [0.2, 0.25) is 0 Å². The average Bonchev–Trinajstić information content (AvgIpc) is 3.05. The maximum atomic E-state index is 9.07. The van der Waals surface area contributed by atoms with Crippen molar-refractivity contribution in [2.24, 2.45) is 0 Å². The van der Waals surface area contributed by atoms with Crippen LogP contribution in [0.3, 0.4) is 0 Å². The Labute approximate surface area is 257 Å². The van der Waals surface area contributed by atoms with Gasteiger partial charge in [-0.05, 0) is 78.0 Å². The second-order valence-corrected chi connectivity index (χ2v) is 11.8. The zero-order valence-electron chi connectivity index (χ0n) is 25.7. The van der Waals surface area contributed by atoms with Gasteiger partial charge in [-0.25, -0.2) is 0 Å². The van der Waals surface area contributed by atoms with Gasteiger partial charge in [0.05, 0.1) is 31.5 Å². The van der Waals surface area contributed by atoms with Crippen molar-refractivity contribution in [2.75, 3.05) is 6.61 Å². The third-order valence-electron chi connectivity index (χ3n) is 8.55. The van der Waals surface area contributed by atoms with E-state index in [-0.39, 0.29) is 31.0 Å². The van der Waals surface area contributed by atoms with Crippen LogP contribution in [0.15, 0.2) is 103 Å². The van der Waals surface area contributed by atoms with Gasteiger partial charge in [0.25, 0.3) is 0 Å². The number of aliphatic hydroxyl groups excluding tert-OH is 1. The van der Waals surface area contributed by atoms with E-state index in [0.717, 1.165) is 49.7 Å². The lowest BCUT2D eigenvalue weighted by atomic mass is 9.90. The van der Waals surface area contributed by atoms with Gasteiger partial charge in [-0.3, -0.25) is 0 Å². The van der Waals surface area contributed by atoms with Crippen LogP contribution in [0.4, 0.5) is 0 Å². The zero-order chi connectivity index (χ0) is 29.9. The minimum absolute atomic E-state index is 0.0597. The summed E-state index contributed by atoms with van der Waals surface area (Å²) in [4.78, 5) is 0. The number of hydrogen-bond donors (Lipinski definition) is 1. The molecule has 1 heterocycles. The first-order valence-electron chi connectivity index (χ1n) is 15.9. The largest absolute Gasteiger partial charge is 0.396 e. The summed E-state index contributed by atoms with van der Waals surface area (Å²) in [5.74, 6) is 0. The molecule has 4 aromatic carbocycles. The Morgan fingerprint density at radius 3 is 2.05 bits per heavy atom. The first-order chi connectivity index (χ1) is 21.1. The van der Waals surface area contributed by atoms with E-state index in [1.807, 2.05) is 12.1 Å². The Balaban J connectivity index is 1.32. The summed E-state index contributed by atoms with van der Waals surface area (Å²) in [5, 5.41) is 9.07. The maximum absolute atomic E-state index is 9.07. The van der Waals surface area contributed by atoms with E-state index in [9.17, 15) is 0 Å². The number of unbranched alkanes of at least 4 members (excludes halogenated alkanes) is 1. The fraction of sp³-hybridized carbons (Fsp3) is 0.385. The van der Waals surface area contributed by atoms with Crippen LogP contribution in [-0.2, 0) is 40.3 Å². The van der Waals surface area contributed by atoms with Crippen molar-refractivity contribution < 1.29 is 19.3 Å². The Morgan fingerprint density at radius 1 is 0.744 bits per heavy atom. The fourth-order valence-corrected chi connectivity index (χ4v) is 5.96. The Hall–Kier alpha value is -3.28. The maximum Gasteiger partial charge on any atom is 0.110 e. The normalized spacial score (nSPS) is 20.3. The molecular formula is C39H46O4. The number of ether oxygens (including phenoxy) is 3. The highest BCUT2D eigenvalue weighted by Crippen LogP contribution is 2.37.